The second-order valence-corrected chi connectivity index (χ2v) is 3.73. The average Bonchev–Trinajstić information content (AvgIpc) is 2.20. The fourth-order valence-electron chi connectivity index (χ4n) is 1.35. The van der Waals surface area contributed by atoms with E-state index in [9.17, 15) is 0 Å². The maximum absolute atomic E-state index is 9.07. The molecule has 0 fully saturated rings. The van der Waals surface area contributed by atoms with E-state index < -0.39 is 0 Å². The molecule has 0 aliphatic rings. The second kappa shape index (κ2) is 6.56. The Morgan fingerprint density at radius 1 is 1.27 bits per heavy atom. The molecule has 1 unspecified atom stereocenters. The van der Waals surface area contributed by atoms with Crippen molar-refractivity contribution < 1.29 is 9.84 Å². The van der Waals surface area contributed by atoms with Crippen LogP contribution in [0.2, 0.25) is 0 Å². The van der Waals surface area contributed by atoms with Gasteiger partial charge < -0.3 is 15.2 Å². The monoisotopic (exact) mass is 209 g/mol. The number of benzene rings is 1. The third-order valence-corrected chi connectivity index (χ3v) is 2.10. The summed E-state index contributed by atoms with van der Waals surface area (Å²) < 4.78 is 5.03. The molecule has 0 aromatic heterocycles. The Bertz CT molecular complexity index is 269. The predicted octanol–water partition coefficient (Wildman–Crippen LogP) is 1.30. The van der Waals surface area contributed by atoms with Crippen LogP contribution >= 0.6 is 0 Å². The van der Waals surface area contributed by atoms with Gasteiger partial charge in [0.1, 0.15) is 0 Å². The first-order valence-electron chi connectivity index (χ1n) is 5.18. The topological polar surface area (TPSA) is 41.5 Å². The van der Waals surface area contributed by atoms with Gasteiger partial charge in [-0.05, 0) is 18.1 Å². The van der Waals surface area contributed by atoms with E-state index in [1.807, 2.05) is 0 Å². The van der Waals surface area contributed by atoms with E-state index in [4.69, 9.17) is 9.84 Å². The number of aliphatic hydroxyl groups excluding tert-OH is 1. The first-order valence-corrected chi connectivity index (χ1v) is 5.18. The highest BCUT2D eigenvalue weighted by Crippen LogP contribution is 2.05. The van der Waals surface area contributed by atoms with Gasteiger partial charge in [0.05, 0.1) is 12.7 Å². The van der Waals surface area contributed by atoms with Gasteiger partial charge in [-0.15, -0.1) is 0 Å². The Hall–Kier alpha value is -0.900. The Balaban J connectivity index is 2.36. The molecule has 0 saturated heterocycles. The third-order valence-electron chi connectivity index (χ3n) is 2.10. The zero-order chi connectivity index (χ0) is 11.1. The highest BCUT2D eigenvalue weighted by atomic mass is 16.5. The zero-order valence-corrected chi connectivity index (χ0v) is 9.36. The summed E-state index contributed by atoms with van der Waals surface area (Å²) in [6, 6.07) is 8.26. The lowest BCUT2D eigenvalue weighted by atomic mass is 10.1. The molecule has 0 aliphatic carbocycles. The molecular weight excluding hydrogens is 190 g/mol. The van der Waals surface area contributed by atoms with Crippen molar-refractivity contribution in [2.75, 3.05) is 13.7 Å². The standard InChI is InChI=1S/C12H19NO2/c1-10(14)7-13-8-11-3-5-12(6-4-11)9-15-2/h3-6,10,13-14H,7-9H2,1-2H3. The number of hydrogen-bond acceptors (Lipinski definition) is 3. The molecule has 1 aromatic carbocycles. The highest BCUT2D eigenvalue weighted by Gasteiger charge is 1.96. The lowest BCUT2D eigenvalue weighted by molar-refractivity contribution is 0.185. The van der Waals surface area contributed by atoms with Gasteiger partial charge in [0.15, 0.2) is 0 Å². The van der Waals surface area contributed by atoms with Crippen LogP contribution in [0.3, 0.4) is 0 Å². The molecule has 1 atom stereocenters. The fourth-order valence-corrected chi connectivity index (χ4v) is 1.35. The van der Waals surface area contributed by atoms with Gasteiger partial charge in [0.2, 0.25) is 0 Å². The molecule has 15 heavy (non-hydrogen) atoms. The zero-order valence-electron chi connectivity index (χ0n) is 9.36. The first-order chi connectivity index (χ1) is 7.22. The van der Waals surface area contributed by atoms with Gasteiger partial charge >= 0.3 is 0 Å². The van der Waals surface area contributed by atoms with Gasteiger partial charge in [0, 0.05) is 20.2 Å². The minimum absolute atomic E-state index is 0.294. The van der Waals surface area contributed by atoms with E-state index in [0.717, 1.165) is 6.54 Å². The lowest BCUT2D eigenvalue weighted by Gasteiger charge is -2.07. The lowest BCUT2D eigenvalue weighted by Crippen LogP contribution is -2.23. The van der Waals surface area contributed by atoms with Crippen LogP contribution in [-0.4, -0.2) is 24.9 Å². The maximum Gasteiger partial charge on any atom is 0.0713 e. The number of hydrogen-bond donors (Lipinski definition) is 2. The summed E-state index contributed by atoms with van der Waals surface area (Å²) in [6.45, 7) is 3.84. The van der Waals surface area contributed by atoms with Crippen molar-refractivity contribution in [3.63, 3.8) is 0 Å². The van der Waals surface area contributed by atoms with E-state index in [-0.39, 0.29) is 6.10 Å². The van der Waals surface area contributed by atoms with Gasteiger partial charge in [0.25, 0.3) is 0 Å². The average molecular weight is 209 g/mol. The van der Waals surface area contributed by atoms with Gasteiger partial charge in [-0.25, -0.2) is 0 Å². The van der Waals surface area contributed by atoms with Crippen LogP contribution in [0.4, 0.5) is 0 Å². The largest absolute Gasteiger partial charge is 0.392 e. The highest BCUT2D eigenvalue weighted by molar-refractivity contribution is 5.21. The quantitative estimate of drug-likeness (QED) is 0.742. The molecule has 3 heteroatoms. The number of ether oxygens (including phenoxy) is 1. The molecule has 1 aromatic rings. The van der Waals surface area contributed by atoms with Crippen LogP contribution in [0.1, 0.15) is 18.1 Å². The third kappa shape index (κ3) is 4.93. The molecule has 0 heterocycles. The van der Waals surface area contributed by atoms with Crippen molar-refractivity contribution >= 4 is 0 Å². The molecule has 0 radical (unpaired) electrons. The van der Waals surface area contributed by atoms with Crippen molar-refractivity contribution in [3.05, 3.63) is 35.4 Å². The van der Waals surface area contributed by atoms with E-state index in [1.165, 1.54) is 11.1 Å². The summed E-state index contributed by atoms with van der Waals surface area (Å²) in [4.78, 5) is 0. The molecule has 0 aliphatic heterocycles. The predicted molar refractivity (Wildman–Crippen MR) is 60.5 cm³/mol. The van der Waals surface area contributed by atoms with Crippen LogP contribution in [0.15, 0.2) is 24.3 Å². The van der Waals surface area contributed by atoms with Crippen LogP contribution in [-0.2, 0) is 17.9 Å². The number of aliphatic hydroxyl groups is 1. The van der Waals surface area contributed by atoms with Crippen molar-refractivity contribution in [2.45, 2.75) is 26.2 Å². The van der Waals surface area contributed by atoms with Crippen LogP contribution in [0.25, 0.3) is 0 Å². The Labute approximate surface area is 91.1 Å². The van der Waals surface area contributed by atoms with Crippen molar-refractivity contribution in [3.8, 4) is 0 Å². The van der Waals surface area contributed by atoms with Gasteiger partial charge in [-0.2, -0.15) is 0 Å². The normalized spacial score (nSPS) is 12.7. The van der Waals surface area contributed by atoms with E-state index in [2.05, 4.69) is 29.6 Å². The molecular formula is C12H19NO2. The molecule has 1 rings (SSSR count). The van der Waals surface area contributed by atoms with Crippen molar-refractivity contribution in [1.82, 2.24) is 5.32 Å². The number of nitrogens with one attached hydrogen (secondary N) is 1. The van der Waals surface area contributed by atoms with Crippen LogP contribution in [0.5, 0.6) is 0 Å². The van der Waals surface area contributed by atoms with Crippen molar-refractivity contribution in [2.24, 2.45) is 0 Å². The smallest absolute Gasteiger partial charge is 0.0713 e. The Morgan fingerprint density at radius 2 is 1.87 bits per heavy atom. The summed E-state index contributed by atoms with van der Waals surface area (Å²) >= 11 is 0. The Morgan fingerprint density at radius 3 is 2.40 bits per heavy atom. The molecule has 2 N–H and O–H groups in total. The van der Waals surface area contributed by atoms with Gasteiger partial charge in [-0.3, -0.25) is 0 Å². The Kier molecular flexibility index (Phi) is 5.32. The number of methoxy groups -OCH3 is 1. The van der Waals surface area contributed by atoms with E-state index >= 15 is 0 Å². The van der Waals surface area contributed by atoms with Crippen LogP contribution < -0.4 is 5.32 Å². The van der Waals surface area contributed by atoms with Gasteiger partial charge in [-0.1, -0.05) is 24.3 Å². The summed E-state index contributed by atoms with van der Waals surface area (Å²) in [6.07, 6.45) is -0.294. The maximum atomic E-state index is 9.07. The summed E-state index contributed by atoms with van der Waals surface area (Å²) in [5.74, 6) is 0. The van der Waals surface area contributed by atoms with E-state index in [1.54, 1.807) is 14.0 Å². The first kappa shape index (κ1) is 12.2. The second-order valence-electron chi connectivity index (χ2n) is 3.73. The summed E-state index contributed by atoms with van der Waals surface area (Å²) in [5, 5.41) is 12.2. The molecule has 0 saturated carbocycles. The molecule has 3 nitrogen and oxygen atoms in total. The SMILES string of the molecule is COCc1ccc(CNCC(C)O)cc1. The molecule has 84 valence electrons. The summed E-state index contributed by atoms with van der Waals surface area (Å²) in [7, 11) is 1.69. The number of rotatable bonds is 6. The fraction of sp³-hybridized carbons (Fsp3) is 0.500. The summed E-state index contributed by atoms with van der Waals surface area (Å²) in [5.41, 5.74) is 2.40. The van der Waals surface area contributed by atoms with E-state index in [0.29, 0.717) is 13.2 Å². The molecule has 0 spiro atoms. The minimum atomic E-state index is -0.294. The minimum Gasteiger partial charge on any atom is -0.392 e. The molecule has 0 amide bonds. The molecule has 0 bridgehead atoms. The van der Waals surface area contributed by atoms with Crippen LogP contribution in [0, 0.1) is 0 Å². The van der Waals surface area contributed by atoms with Crippen molar-refractivity contribution in [1.29, 1.82) is 0 Å².